The van der Waals surface area contributed by atoms with Gasteiger partial charge in [-0.1, -0.05) is 45.0 Å². The maximum absolute atomic E-state index is 11.6. The molecule has 0 amide bonds. The lowest BCUT2D eigenvalue weighted by atomic mass is 9.95. The predicted molar refractivity (Wildman–Crippen MR) is 174 cm³/mol. The van der Waals surface area contributed by atoms with Crippen LogP contribution in [-0.2, 0) is 11.5 Å². The van der Waals surface area contributed by atoms with Crippen LogP contribution in [0.15, 0.2) is 54.9 Å². The second-order valence-electron chi connectivity index (χ2n) is 12.6. The molecule has 0 unspecified atom stereocenters. The molecule has 1 aliphatic rings. The first kappa shape index (κ1) is 29.1. The monoisotopic (exact) mass is 596 g/mol. The molecule has 10 heteroatoms. The average molecular weight is 597 g/mol. The first-order valence-electron chi connectivity index (χ1n) is 15.2. The van der Waals surface area contributed by atoms with Gasteiger partial charge in [-0.15, -0.1) is 0 Å². The SMILES string of the molecule is COc1ccncc1-c1ccc2c(c1)c(Nc1nc3cc(C=O)ccc3n1C1CCCCC1)nn2COCC[Si](C)(C)C. The van der Waals surface area contributed by atoms with E-state index < -0.39 is 8.07 Å². The number of carbonyl (C=O) groups is 1. The zero-order chi connectivity index (χ0) is 30.0. The summed E-state index contributed by atoms with van der Waals surface area (Å²) in [6.07, 6.45) is 10.3. The molecule has 0 aliphatic heterocycles. The van der Waals surface area contributed by atoms with E-state index in [9.17, 15) is 4.79 Å². The molecule has 0 saturated heterocycles. The van der Waals surface area contributed by atoms with Crippen LogP contribution in [0, 0.1) is 0 Å². The number of pyridine rings is 1. The van der Waals surface area contributed by atoms with Crippen LogP contribution in [-0.4, -0.2) is 52.4 Å². The van der Waals surface area contributed by atoms with Gasteiger partial charge in [-0.25, -0.2) is 9.67 Å². The topological polar surface area (TPSA) is 96.1 Å². The number of aromatic nitrogens is 5. The lowest BCUT2D eigenvalue weighted by molar-refractivity contribution is 0.0819. The van der Waals surface area contributed by atoms with E-state index in [2.05, 4.69) is 52.7 Å². The third kappa shape index (κ3) is 6.21. The average Bonchev–Trinajstić information content (AvgIpc) is 3.55. The standard InChI is InChI=1S/C33H40N6O3Si/c1-41-31-14-15-34-20-27(31)24-11-13-29-26(19-24)32(37-38(29)22-42-16-17-43(2,3)4)36-33-35-28-18-23(21-40)10-12-30(28)39(33)25-8-6-5-7-9-25/h10-15,18-21,25H,5-9,16-17,22H2,1-4H3,(H,35,36,37). The molecule has 9 nitrogen and oxygen atoms in total. The molecule has 0 radical (unpaired) electrons. The number of nitrogens with zero attached hydrogens (tertiary/aromatic N) is 5. The minimum atomic E-state index is -1.21. The second kappa shape index (κ2) is 12.3. The highest BCUT2D eigenvalue weighted by molar-refractivity contribution is 6.76. The van der Waals surface area contributed by atoms with Gasteiger partial charge in [0.25, 0.3) is 0 Å². The first-order valence-corrected chi connectivity index (χ1v) is 18.9. The third-order valence-corrected chi connectivity index (χ3v) is 10.00. The maximum atomic E-state index is 11.6. The van der Waals surface area contributed by atoms with E-state index in [0.29, 0.717) is 30.8 Å². The lowest BCUT2D eigenvalue weighted by Crippen LogP contribution is -2.22. The lowest BCUT2D eigenvalue weighted by Gasteiger charge is -2.25. The van der Waals surface area contributed by atoms with Crippen molar-refractivity contribution >= 4 is 48.1 Å². The van der Waals surface area contributed by atoms with Gasteiger partial charge in [0, 0.05) is 49.6 Å². The number of hydrogen-bond acceptors (Lipinski definition) is 7. The predicted octanol–water partition coefficient (Wildman–Crippen LogP) is 7.83. The smallest absolute Gasteiger partial charge is 0.209 e. The van der Waals surface area contributed by atoms with Gasteiger partial charge in [-0.2, -0.15) is 5.10 Å². The Hall–Kier alpha value is -4.02. The molecule has 1 saturated carbocycles. The van der Waals surface area contributed by atoms with Crippen LogP contribution in [0.5, 0.6) is 5.75 Å². The number of methoxy groups -OCH3 is 1. The Morgan fingerprint density at radius 1 is 1.05 bits per heavy atom. The molecular formula is C33H40N6O3Si. The van der Waals surface area contributed by atoms with Crippen molar-refractivity contribution in [2.45, 2.75) is 70.6 Å². The van der Waals surface area contributed by atoms with Crippen LogP contribution < -0.4 is 10.1 Å². The summed E-state index contributed by atoms with van der Waals surface area (Å²) in [5.41, 5.74) is 5.30. The van der Waals surface area contributed by atoms with Crippen molar-refractivity contribution in [2.24, 2.45) is 0 Å². The summed E-state index contributed by atoms with van der Waals surface area (Å²) < 4.78 is 16.0. The Bertz CT molecular complexity index is 1750. The Morgan fingerprint density at radius 3 is 2.63 bits per heavy atom. The van der Waals surface area contributed by atoms with Crippen molar-refractivity contribution in [3.8, 4) is 16.9 Å². The summed E-state index contributed by atoms with van der Waals surface area (Å²) in [6.45, 7) is 8.13. The molecule has 0 bridgehead atoms. The zero-order valence-corrected chi connectivity index (χ0v) is 26.5. The fraction of sp³-hybridized carbons (Fsp3) is 0.394. The highest BCUT2D eigenvalue weighted by atomic mass is 28.3. The molecule has 5 aromatic rings. The van der Waals surface area contributed by atoms with E-state index in [4.69, 9.17) is 19.6 Å². The fourth-order valence-corrected chi connectivity index (χ4v) is 6.69. The number of rotatable bonds is 11. The molecule has 0 atom stereocenters. The molecule has 224 valence electrons. The molecule has 1 N–H and O–H groups in total. The number of anilines is 2. The molecule has 3 aromatic heterocycles. The van der Waals surface area contributed by atoms with E-state index in [-0.39, 0.29) is 0 Å². The van der Waals surface area contributed by atoms with E-state index >= 15 is 0 Å². The van der Waals surface area contributed by atoms with E-state index in [1.54, 1.807) is 13.3 Å². The second-order valence-corrected chi connectivity index (χ2v) is 18.2. The fourth-order valence-electron chi connectivity index (χ4n) is 5.94. The molecule has 6 rings (SSSR count). The van der Waals surface area contributed by atoms with Crippen LogP contribution in [0.1, 0.15) is 48.5 Å². The van der Waals surface area contributed by atoms with Crippen LogP contribution in [0.2, 0.25) is 25.7 Å². The number of aldehydes is 1. The number of benzene rings is 2. The molecule has 1 aliphatic carbocycles. The van der Waals surface area contributed by atoms with Crippen molar-refractivity contribution in [1.29, 1.82) is 0 Å². The summed E-state index contributed by atoms with van der Waals surface area (Å²) in [5, 5.41) is 9.59. The van der Waals surface area contributed by atoms with Crippen molar-refractivity contribution < 1.29 is 14.3 Å². The quantitative estimate of drug-likeness (QED) is 0.0943. The van der Waals surface area contributed by atoms with E-state index in [0.717, 1.165) is 69.9 Å². The van der Waals surface area contributed by atoms with Gasteiger partial charge in [-0.05, 0) is 60.8 Å². The minimum absolute atomic E-state index is 0.330. The van der Waals surface area contributed by atoms with Crippen LogP contribution in [0.4, 0.5) is 11.8 Å². The summed E-state index contributed by atoms with van der Waals surface area (Å²) in [6, 6.07) is 15.3. The van der Waals surface area contributed by atoms with Crippen molar-refractivity contribution in [1.82, 2.24) is 24.3 Å². The molecular weight excluding hydrogens is 556 g/mol. The molecule has 3 heterocycles. The number of ether oxygens (including phenoxy) is 2. The van der Waals surface area contributed by atoms with Crippen LogP contribution in [0.3, 0.4) is 0 Å². The number of imidazole rings is 1. The summed E-state index contributed by atoms with van der Waals surface area (Å²) in [5.74, 6) is 2.20. The minimum Gasteiger partial charge on any atom is -0.496 e. The number of carbonyl (C=O) groups excluding carboxylic acids is 1. The van der Waals surface area contributed by atoms with Crippen LogP contribution in [0.25, 0.3) is 33.1 Å². The van der Waals surface area contributed by atoms with Gasteiger partial charge in [0.15, 0.2) is 5.82 Å². The third-order valence-electron chi connectivity index (χ3n) is 8.29. The van der Waals surface area contributed by atoms with Crippen molar-refractivity contribution in [3.05, 3.63) is 60.4 Å². The largest absolute Gasteiger partial charge is 0.496 e. The zero-order valence-electron chi connectivity index (χ0n) is 25.5. The normalized spacial score (nSPS) is 14.4. The summed E-state index contributed by atoms with van der Waals surface area (Å²) >= 11 is 0. The van der Waals surface area contributed by atoms with Crippen molar-refractivity contribution in [3.63, 3.8) is 0 Å². The number of nitrogens with one attached hydrogen (secondary N) is 1. The van der Waals surface area contributed by atoms with E-state index in [1.807, 2.05) is 35.1 Å². The number of fused-ring (bicyclic) bond motifs is 2. The van der Waals surface area contributed by atoms with Crippen molar-refractivity contribution in [2.75, 3.05) is 19.0 Å². The van der Waals surface area contributed by atoms with Gasteiger partial charge in [-0.3, -0.25) is 9.78 Å². The van der Waals surface area contributed by atoms with Gasteiger partial charge in [0.05, 0.1) is 23.7 Å². The maximum Gasteiger partial charge on any atom is 0.209 e. The molecule has 43 heavy (non-hydrogen) atoms. The first-order chi connectivity index (χ1) is 20.8. The highest BCUT2D eigenvalue weighted by Gasteiger charge is 2.24. The van der Waals surface area contributed by atoms with Gasteiger partial charge in [0.1, 0.15) is 18.8 Å². The Morgan fingerprint density at radius 2 is 1.86 bits per heavy atom. The Balaban J connectivity index is 1.44. The van der Waals surface area contributed by atoms with E-state index in [1.165, 1.54) is 19.3 Å². The summed E-state index contributed by atoms with van der Waals surface area (Å²) in [7, 11) is 0.460. The van der Waals surface area contributed by atoms with Gasteiger partial charge in [0.2, 0.25) is 5.95 Å². The molecule has 2 aromatic carbocycles. The van der Waals surface area contributed by atoms with Gasteiger partial charge < -0.3 is 19.4 Å². The van der Waals surface area contributed by atoms with Crippen LogP contribution >= 0.6 is 0 Å². The Kier molecular flexibility index (Phi) is 8.31. The molecule has 1 fully saturated rings. The Labute approximate surface area is 253 Å². The highest BCUT2D eigenvalue weighted by Crippen LogP contribution is 2.38. The number of hydrogen-bond donors (Lipinski definition) is 1. The molecule has 0 spiro atoms. The van der Waals surface area contributed by atoms with Gasteiger partial charge >= 0.3 is 0 Å². The summed E-state index contributed by atoms with van der Waals surface area (Å²) in [4.78, 5) is 20.9.